The van der Waals surface area contributed by atoms with Crippen molar-refractivity contribution in [2.45, 2.75) is 77.0 Å². The molecule has 6 nitrogen and oxygen atoms in total. The molecule has 0 fully saturated rings. The van der Waals surface area contributed by atoms with Crippen LogP contribution in [-0.2, 0) is 21.7 Å². The summed E-state index contributed by atoms with van der Waals surface area (Å²) in [6.07, 6.45) is 0. The summed E-state index contributed by atoms with van der Waals surface area (Å²) in [5, 5.41) is 11.4. The molecule has 0 aliphatic heterocycles. The maximum atomic E-state index is 6.66. The Labute approximate surface area is 730 Å². The molecule has 4 aromatic heterocycles. The van der Waals surface area contributed by atoms with Crippen LogP contribution in [0.4, 0.5) is 0 Å². The normalized spacial score (nSPS) is 14.3. The van der Waals surface area contributed by atoms with Crippen LogP contribution in [0.1, 0.15) is 99.9 Å². The summed E-state index contributed by atoms with van der Waals surface area (Å²) in [7, 11) is 0. The van der Waals surface area contributed by atoms with E-state index in [0.717, 1.165) is 121 Å². The maximum absolute atomic E-state index is 6.66. The maximum Gasteiger partial charge on any atom is 0.227 e. The van der Waals surface area contributed by atoms with Gasteiger partial charge in [-0.1, -0.05) is 334 Å². The van der Waals surface area contributed by atoms with Crippen molar-refractivity contribution >= 4 is 87.1 Å². The van der Waals surface area contributed by atoms with E-state index in [9.17, 15) is 0 Å². The number of oxazole rings is 2. The number of fused-ring (bicyclic) bond motifs is 25. The van der Waals surface area contributed by atoms with Gasteiger partial charge in [-0.3, -0.25) is 0 Å². The van der Waals surface area contributed by atoms with Gasteiger partial charge in [0.1, 0.15) is 11.0 Å². The zero-order valence-corrected chi connectivity index (χ0v) is 71.2. The molecule has 18 aromatic carbocycles. The monoisotopic (exact) mass is 1610 g/mol. The van der Waals surface area contributed by atoms with Crippen LogP contribution < -0.4 is 0 Å². The van der Waals surface area contributed by atoms with Crippen molar-refractivity contribution < 1.29 is 8.83 Å². The Morgan fingerprint density at radius 3 is 0.889 bits per heavy atom. The highest BCUT2D eigenvalue weighted by atomic mass is 16.4. The number of hydrogen-bond donors (Lipinski definition) is 0. The first-order valence-electron chi connectivity index (χ1n) is 44.0. The van der Waals surface area contributed by atoms with Gasteiger partial charge in [-0.15, -0.1) is 0 Å². The molecule has 0 bridgehead atoms. The van der Waals surface area contributed by atoms with Crippen molar-refractivity contribution in [2.24, 2.45) is 0 Å². The zero-order valence-electron chi connectivity index (χ0n) is 71.2. The Bertz CT molecular complexity index is 8350. The van der Waals surface area contributed by atoms with Gasteiger partial charge in [0.15, 0.2) is 11.2 Å². The summed E-state index contributed by atoms with van der Waals surface area (Å²) in [6, 6.07) is 133. The molecule has 0 amide bonds. The van der Waals surface area contributed by atoms with E-state index >= 15 is 0 Å². The number of hydrogen-bond acceptors (Lipinski definition) is 6. The van der Waals surface area contributed by atoms with Crippen LogP contribution >= 0.6 is 0 Å². The van der Waals surface area contributed by atoms with Gasteiger partial charge < -0.3 is 8.83 Å². The van der Waals surface area contributed by atoms with Gasteiger partial charge in [-0.25, -0.2) is 19.9 Å². The lowest BCUT2D eigenvalue weighted by Gasteiger charge is -2.23. The van der Waals surface area contributed by atoms with E-state index < -0.39 is 0 Å². The minimum Gasteiger partial charge on any atom is -0.436 e. The van der Waals surface area contributed by atoms with Crippen molar-refractivity contribution in [3.63, 3.8) is 0 Å². The second kappa shape index (κ2) is 27.1. The molecule has 4 aliphatic rings. The number of nitrogens with zero attached hydrogens (tertiary/aromatic N) is 4. The van der Waals surface area contributed by atoms with Gasteiger partial charge in [-0.05, 0) is 240 Å². The fraction of sp³-hybridized carbons (Fsp3) is 0.100. The Hall–Kier alpha value is -15.2. The summed E-state index contributed by atoms with van der Waals surface area (Å²) in [5.41, 5.74) is 41.7. The van der Waals surface area contributed by atoms with Crippen LogP contribution in [0, 0.1) is 0 Å². The summed E-state index contributed by atoms with van der Waals surface area (Å²) >= 11 is 0. The van der Waals surface area contributed by atoms with Crippen molar-refractivity contribution in [3.05, 3.63) is 408 Å². The van der Waals surface area contributed by atoms with Crippen LogP contribution in [0.3, 0.4) is 0 Å². The van der Waals surface area contributed by atoms with Gasteiger partial charge >= 0.3 is 0 Å². The molecule has 4 aliphatic carbocycles. The Morgan fingerprint density at radius 2 is 0.476 bits per heavy atom. The molecule has 6 heteroatoms. The first-order valence-corrected chi connectivity index (χ1v) is 44.0. The topological polar surface area (TPSA) is 77.8 Å². The number of aromatic nitrogens is 4. The van der Waals surface area contributed by atoms with E-state index in [1.54, 1.807) is 0 Å². The molecule has 0 N–H and O–H groups in total. The quantitative estimate of drug-likeness (QED) is 0.141. The lowest BCUT2D eigenvalue weighted by molar-refractivity contribution is 0.620. The summed E-state index contributed by atoms with van der Waals surface area (Å²) in [4.78, 5) is 21.2. The highest BCUT2D eigenvalue weighted by molar-refractivity contribution is 6.23. The standard InChI is InChI=1S/C64H44N2O.C56H40N2O/c1-63(2)54-23-13-11-18-44(54)46-31-29-39(33-56(46)63)52-36-58(40-30-32-47-45-19-12-14-24-55(45)64(3,4)57(47)34-40)65-59-48-20-8-6-17-43(48)51(35-53(52)59)37-25-27-38(28-26-37)62-66-60-49-21-9-5-15-41(49)42-16-7-10-22-50(42)61(60)67-62;1-55(2)46-17-9-7-14-38(46)40-27-25-35(29-48(40)55)44-32-51(36-26-28-41-39-15-8-10-18-47(39)56(3,4)49(41)30-36)57-53-42-16-6-5-13-37(42)43(31-45(44)53)33-21-23-34(24-22-33)54-58-50-19-11-12-20-52(50)59-54/h5-36H,1-4H3;5-32H,1-4H3. The number of para-hydroxylation sites is 2. The Morgan fingerprint density at radius 1 is 0.183 bits per heavy atom. The molecule has 0 saturated heterocycles. The fourth-order valence-electron chi connectivity index (χ4n) is 22.1. The first kappa shape index (κ1) is 73.5. The van der Waals surface area contributed by atoms with Crippen LogP contribution in [0.15, 0.2) is 373 Å². The van der Waals surface area contributed by atoms with Crippen molar-refractivity contribution in [1.82, 2.24) is 19.9 Å². The van der Waals surface area contributed by atoms with E-state index in [0.29, 0.717) is 11.8 Å². The molecular formula is C120H84N4O2. The second-order valence-corrected chi connectivity index (χ2v) is 37.0. The van der Waals surface area contributed by atoms with Crippen LogP contribution in [-0.4, -0.2) is 19.9 Å². The predicted molar refractivity (Wildman–Crippen MR) is 522 cm³/mol. The smallest absolute Gasteiger partial charge is 0.227 e. The molecule has 4 heterocycles. The van der Waals surface area contributed by atoms with Crippen LogP contribution in [0.5, 0.6) is 0 Å². The van der Waals surface area contributed by atoms with E-state index in [2.05, 4.69) is 395 Å². The molecule has 0 radical (unpaired) electrons. The third-order valence-corrected chi connectivity index (χ3v) is 28.6. The molecule has 596 valence electrons. The average Bonchev–Trinajstić information content (AvgIpc) is 1.35. The fourth-order valence-corrected chi connectivity index (χ4v) is 22.1. The third-order valence-electron chi connectivity index (χ3n) is 28.6. The largest absolute Gasteiger partial charge is 0.436 e. The van der Waals surface area contributed by atoms with Crippen LogP contribution in [0.25, 0.3) is 222 Å². The summed E-state index contributed by atoms with van der Waals surface area (Å²) in [5.74, 6) is 1.24. The molecule has 0 spiro atoms. The number of benzene rings is 18. The minimum atomic E-state index is -0.136. The van der Waals surface area contributed by atoms with Gasteiger partial charge in [0, 0.05) is 76.2 Å². The van der Waals surface area contributed by atoms with Gasteiger partial charge in [0.05, 0.1) is 22.4 Å². The van der Waals surface area contributed by atoms with Crippen molar-refractivity contribution in [3.8, 4) is 134 Å². The van der Waals surface area contributed by atoms with E-state index in [1.165, 1.54) is 133 Å². The second-order valence-electron chi connectivity index (χ2n) is 37.0. The van der Waals surface area contributed by atoms with E-state index in [4.69, 9.17) is 28.8 Å². The third kappa shape index (κ3) is 10.9. The van der Waals surface area contributed by atoms with Gasteiger partial charge in [-0.2, -0.15) is 0 Å². The first-order chi connectivity index (χ1) is 61.5. The van der Waals surface area contributed by atoms with Crippen LogP contribution in [0.2, 0.25) is 0 Å². The van der Waals surface area contributed by atoms with Crippen molar-refractivity contribution in [1.29, 1.82) is 0 Å². The lowest BCUT2D eigenvalue weighted by Crippen LogP contribution is -2.15. The molecule has 0 atom stereocenters. The molecule has 22 aromatic rings. The van der Waals surface area contributed by atoms with Gasteiger partial charge in [0.25, 0.3) is 0 Å². The number of rotatable bonds is 8. The minimum absolute atomic E-state index is 0.111. The molecular weight excluding hydrogens is 1530 g/mol. The predicted octanol–water partition coefficient (Wildman–Crippen LogP) is 31.9. The Balaban J connectivity index is 0.000000139. The van der Waals surface area contributed by atoms with E-state index in [-0.39, 0.29) is 21.7 Å². The molecule has 26 rings (SSSR count). The average molecular weight is 1610 g/mol. The Kier molecular flexibility index (Phi) is 15.8. The zero-order chi connectivity index (χ0) is 84.4. The number of pyridine rings is 2. The summed E-state index contributed by atoms with van der Waals surface area (Å²) < 4.78 is 12.8. The van der Waals surface area contributed by atoms with E-state index in [1.807, 2.05) is 24.3 Å². The lowest BCUT2D eigenvalue weighted by atomic mass is 9.81. The van der Waals surface area contributed by atoms with Crippen molar-refractivity contribution in [2.75, 3.05) is 0 Å². The molecule has 126 heavy (non-hydrogen) atoms. The SMILES string of the molecule is CC1(C)c2ccccc2-c2ccc(-c3cc(-c4ccc5c(c4)C(C)(C)c4ccccc4-5)c4cc(-c5ccc(-c6nc7c8ccccc8c8ccccc8c7o6)cc5)c5ccccc5c4n3)cc21.CC1(C)c2ccccc2-c2ccc(-c3cc(-c4ccc5c(c4)C(C)(C)c4ccccc4-5)c4cc(-c5ccc(-c6nc7ccccc7o6)cc5)c5ccccc5c4n3)cc21. The highest BCUT2D eigenvalue weighted by Crippen LogP contribution is 2.56. The molecule has 0 unspecified atom stereocenters. The summed E-state index contributed by atoms with van der Waals surface area (Å²) in [6.45, 7) is 18.8. The van der Waals surface area contributed by atoms with Gasteiger partial charge in [0.2, 0.25) is 11.8 Å². The highest BCUT2D eigenvalue weighted by Gasteiger charge is 2.40. The molecule has 0 saturated carbocycles.